The minimum absolute atomic E-state index is 0.210. The molecule has 0 bridgehead atoms. The first kappa shape index (κ1) is 19.2. The lowest BCUT2D eigenvalue weighted by molar-refractivity contribution is -0.139. The summed E-state index contributed by atoms with van der Waals surface area (Å²) < 4.78 is 5.28. The molecule has 2 fully saturated rings. The summed E-state index contributed by atoms with van der Waals surface area (Å²) in [6.07, 6.45) is 0.391. The van der Waals surface area contributed by atoms with E-state index in [0.717, 1.165) is 23.6 Å². The van der Waals surface area contributed by atoms with E-state index >= 15 is 0 Å². The molecule has 0 radical (unpaired) electrons. The van der Waals surface area contributed by atoms with E-state index in [4.69, 9.17) is 4.74 Å². The molecule has 4 amide bonds. The Morgan fingerprint density at radius 1 is 1.26 bits per heavy atom. The van der Waals surface area contributed by atoms with Gasteiger partial charge in [-0.15, -0.1) is 0 Å². The Balaban J connectivity index is 1.84. The van der Waals surface area contributed by atoms with Gasteiger partial charge in [0.2, 0.25) is 5.91 Å². The molecular formula is C19H26N4O4. The topological polar surface area (TPSA) is 91.0 Å². The molecule has 8 heteroatoms. The van der Waals surface area contributed by atoms with Crippen molar-refractivity contribution in [2.75, 3.05) is 39.8 Å². The van der Waals surface area contributed by atoms with Gasteiger partial charge < -0.3 is 20.3 Å². The number of rotatable bonds is 5. The summed E-state index contributed by atoms with van der Waals surface area (Å²) in [6, 6.07) is 4.90. The zero-order valence-electron chi connectivity index (χ0n) is 16.0. The highest BCUT2D eigenvalue weighted by Crippen LogP contribution is 2.34. The zero-order chi connectivity index (χ0) is 19.6. The first-order valence-corrected chi connectivity index (χ1v) is 9.20. The van der Waals surface area contributed by atoms with Gasteiger partial charge in [-0.3, -0.25) is 14.5 Å². The Hall–Kier alpha value is -2.61. The monoisotopic (exact) mass is 374 g/mol. The highest BCUT2D eigenvalue weighted by atomic mass is 16.5. The van der Waals surface area contributed by atoms with Crippen molar-refractivity contribution in [1.82, 2.24) is 20.4 Å². The number of aryl methyl sites for hydroxylation is 1. The van der Waals surface area contributed by atoms with E-state index < -0.39 is 11.6 Å². The average Bonchev–Trinajstić information content (AvgIpc) is 2.93. The number of amides is 4. The predicted octanol–water partition coefficient (Wildman–Crippen LogP) is 0.593. The number of ether oxygens (including phenoxy) is 1. The third-order valence-corrected chi connectivity index (χ3v) is 5.36. The van der Waals surface area contributed by atoms with Crippen molar-refractivity contribution in [2.45, 2.75) is 25.8 Å². The van der Waals surface area contributed by atoms with Gasteiger partial charge in [0, 0.05) is 26.2 Å². The lowest BCUT2D eigenvalue weighted by atomic mass is 9.86. The van der Waals surface area contributed by atoms with Crippen molar-refractivity contribution in [3.63, 3.8) is 0 Å². The van der Waals surface area contributed by atoms with Gasteiger partial charge in [-0.2, -0.15) is 0 Å². The fraction of sp³-hybridized carbons (Fsp3) is 0.526. The normalized spacial score (nSPS) is 22.8. The minimum atomic E-state index is -1.15. The maximum Gasteiger partial charge on any atom is 0.325 e. The molecule has 8 nitrogen and oxygen atoms in total. The van der Waals surface area contributed by atoms with Crippen molar-refractivity contribution >= 4 is 17.8 Å². The smallest absolute Gasteiger partial charge is 0.325 e. The number of methoxy groups -OCH3 is 1. The molecule has 1 aromatic rings. The average molecular weight is 374 g/mol. The number of hydrogen-bond acceptors (Lipinski definition) is 5. The van der Waals surface area contributed by atoms with Crippen LogP contribution in [0, 0.1) is 6.92 Å². The second kappa shape index (κ2) is 7.56. The lowest BCUT2D eigenvalue weighted by Crippen LogP contribution is -2.50. The van der Waals surface area contributed by atoms with Gasteiger partial charge in [0.25, 0.3) is 5.91 Å². The molecule has 2 aliphatic rings. The summed E-state index contributed by atoms with van der Waals surface area (Å²) in [5.74, 6) is 0.119. The van der Waals surface area contributed by atoms with E-state index in [1.807, 2.05) is 19.9 Å². The van der Waals surface area contributed by atoms with E-state index in [0.29, 0.717) is 30.8 Å². The second-order valence-corrected chi connectivity index (χ2v) is 6.90. The second-order valence-electron chi connectivity index (χ2n) is 6.90. The van der Waals surface area contributed by atoms with Gasteiger partial charge in [-0.05, 0) is 36.6 Å². The van der Waals surface area contributed by atoms with E-state index in [2.05, 4.69) is 10.6 Å². The summed E-state index contributed by atoms with van der Waals surface area (Å²) in [6.45, 7) is 6.10. The molecule has 3 rings (SSSR count). The number of imide groups is 1. The van der Waals surface area contributed by atoms with E-state index in [1.165, 1.54) is 0 Å². The summed E-state index contributed by atoms with van der Waals surface area (Å²) in [7, 11) is 1.59. The summed E-state index contributed by atoms with van der Waals surface area (Å²) in [4.78, 5) is 41.0. The Labute approximate surface area is 158 Å². The number of carbonyl (C=O) groups is 3. The molecule has 27 heavy (non-hydrogen) atoms. The number of benzene rings is 1. The molecule has 0 aromatic heterocycles. The van der Waals surface area contributed by atoms with Crippen molar-refractivity contribution in [1.29, 1.82) is 0 Å². The molecule has 0 saturated carbocycles. The van der Waals surface area contributed by atoms with Gasteiger partial charge in [0.05, 0.1) is 7.11 Å². The fourth-order valence-electron chi connectivity index (χ4n) is 3.70. The number of urea groups is 1. The minimum Gasteiger partial charge on any atom is -0.496 e. The van der Waals surface area contributed by atoms with Crippen molar-refractivity contribution in [3.8, 4) is 5.75 Å². The molecule has 0 aliphatic carbocycles. The summed E-state index contributed by atoms with van der Waals surface area (Å²) >= 11 is 0. The first-order chi connectivity index (χ1) is 12.9. The number of nitrogens with zero attached hydrogens (tertiary/aromatic N) is 2. The molecule has 2 saturated heterocycles. The van der Waals surface area contributed by atoms with E-state index in [1.54, 1.807) is 24.1 Å². The van der Waals surface area contributed by atoms with E-state index in [9.17, 15) is 14.4 Å². The molecule has 2 aliphatic heterocycles. The van der Waals surface area contributed by atoms with Crippen LogP contribution in [0.4, 0.5) is 4.79 Å². The molecule has 2 N–H and O–H groups in total. The number of carbonyl (C=O) groups excluding carboxylic acids is 3. The fourth-order valence-corrected chi connectivity index (χ4v) is 3.70. The number of nitrogens with one attached hydrogen (secondary N) is 2. The van der Waals surface area contributed by atoms with E-state index in [-0.39, 0.29) is 18.4 Å². The lowest BCUT2D eigenvalue weighted by Gasteiger charge is -2.29. The van der Waals surface area contributed by atoms with Gasteiger partial charge in [0.15, 0.2) is 0 Å². The Morgan fingerprint density at radius 2 is 1.96 bits per heavy atom. The van der Waals surface area contributed by atoms with Crippen LogP contribution in [0.3, 0.4) is 0 Å². The SMILES string of the molecule is CCC1(c2ccc(OC)c(C)c2)NC(=O)N(CC(=O)N2CCNCC2)C1=O. The molecule has 1 aromatic carbocycles. The molecule has 0 spiro atoms. The quantitative estimate of drug-likeness (QED) is 0.737. The molecular weight excluding hydrogens is 348 g/mol. The largest absolute Gasteiger partial charge is 0.496 e. The van der Waals surface area contributed by atoms with Gasteiger partial charge in [-0.25, -0.2) is 4.79 Å². The van der Waals surface area contributed by atoms with Gasteiger partial charge in [0.1, 0.15) is 17.8 Å². The van der Waals surface area contributed by atoms with Crippen LogP contribution >= 0.6 is 0 Å². The first-order valence-electron chi connectivity index (χ1n) is 9.20. The third kappa shape index (κ3) is 3.37. The van der Waals surface area contributed by atoms with Crippen molar-refractivity contribution in [3.05, 3.63) is 29.3 Å². The van der Waals surface area contributed by atoms with Crippen LogP contribution in [0.2, 0.25) is 0 Å². The van der Waals surface area contributed by atoms with Crippen LogP contribution in [0.1, 0.15) is 24.5 Å². The third-order valence-electron chi connectivity index (χ3n) is 5.36. The maximum atomic E-state index is 13.2. The molecule has 1 atom stereocenters. The van der Waals surface area contributed by atoms with Crippen LogP contribution in [0.15, 0.2) is 18.2 Å². The highest BCUT2D eigenvalue weighted by Gasteiger charge is 2.52. The number of hydrogen-bond donors (Lipinski definition) is 2. The molecule has 2 heterocycles. The highest BCUT2D eigenvalue weighted by molar-refractivity contribution is 6.09. The van der Waals surface area contributed by atoms with Crippen molar-refractivity contribution < 1.29 is 19.1 Å². The summed E-state index contributed by atoms with van der Waals surface area (Å²) in [5, 5.41) is 5.99. The Kier molecular flexibility index (Phi) is 5.36. The van der Waals surface area contributed by atoms with Gasteiger partial charge in [-0.1, -0.05) is 13.0 Å². The molecule has 146 valence electrons. The zero-order valence-corrected chi connectivity index (χ0v) is 16.0. The Morgan fingerprint density at radius 3 is 2.56 bits per heavy atom. The van der Waals surface area contributed by atoms with Crippen LogP contribution in [0.25, 0.3) is 0 Å². The number of piperazine rings is 1. The van der Waals surface area contributed by atoms with Crippen LogP contribution in [-0.4, -0.2) is 67.5 Å². The van der Waals surface area contributed by atoms with Crippen LogP contribution in [-0.2, 0) is 15.1 Å². The van der Waals surface area contributed by atoms with Crippen LogP contribution < -0.4 is 15.4 Å². The van der Waals surface area contributed by atoms with Crippen LogP contribution in [0.5, 0.6) is 5.75 Å². The summed E-state index contributed by atoms with van der Waals surface area (Å²) in [5.41, 5.74) is 0.414. The standard InChI is InChI=1S/C19H26N4O4/c1-4-19(14-5-6-15(27-3)13(2)11-14)17(25)23(18(26)21-19)12-16(24)22-9-7-20-8-10-22/h5-6,11,20H,4,7-10,12H2,1-3H3,(H,21,26). The van der Waals surface area contributed by atoms with Crippen molar-refractivity contribution in [2.24, 2.45) is 0 Å². The maximum absolute atomic E-state index is 13.2. The van der Waals surface area contributed by atoms with Gasteiger partial charge >= 0.3 is 6.03 Å². The Bertz CT molecular complexity index is 760. The predicted molar refractivity (Wildman–Crippen MR) is 99.4 cm³/mol. The molecule has 1 unspecified atom stereocenters.